The van der Waals surface area contributed by atoms with Gasteiger partial charge in [0.15, 0.2) is 0 Å². The fourth-order valence-corrected chi connectivity index (χ4v) is 2.94. The summed E-state index contributed by atoms with van der Waals surface area (Å²) in [5, 5.41) is 0. The van der Waals surface area contributed by atoms with E-state index < -0.39 is 0 Å². The molecule has 0 saturated heterocycles. The normalized spacial score (nSPS) is 21.8. The first-order valence-corrected chi connectivity index (χ1v) is 7.03. The van der Waals surface area contributed by atoms with Crippen LogP contribution < -0.4 is 5.73 Å². The molecule has 1 nitrogen and oxygen atoms in total. The smallest absolute Gasteiger partial charge is 0.00697 e. The molecule has 0 spiro atoms. The minimum atomic E-state index is 0.495. The lowest BCUT2D eigenvalue weighted by molar-refractivity contribution is 0.320. The van der Waals surface area contributed by atoms with Gasteiger partial charge < -0.3 is 5.73 Å². The Kier molecular flexibility index (Phi) is 6.31. The van der Waals surface area contributed by atoms with E-state index in [1.54, 1.807) is 0 Å². The van der Waals surface area contributed by atoms with E-state index in [-0.39, 0.29) is 0 Å². The van der Waals surface area contributed by atoms with Gasteiger partial charge in [0.1, 0.15) is 0 Å². The van der Waals surface area contributed by atoms with E-state index in [1.807, 2.05) is 0 Å². The molecule has 2 N–H and O–H groups in total. The molecule has 0 heterocycles. The summed E-state index contributed by atoms with van der Waals surface area (Å²) in [6.45, 7) is 4.60. The molecule has 1 aliphatic carbocycles. The first kappa shape index (κ1) is 13.0. The molecule has 0 aromatic rings. The minimum Gasteiger partial charge on any atom is -0.327 e. The van der Waals surface area contributed by atoms with Crippen molar-refractivity contribution in [1.82, 2.24) is 0 Å². The van der Waals surface area contributed by atoms with Crippen molar-refractivity contribution >= 4 is 0 Å². The van der Waals surface area contributed by atoms with Gasteiger partial charge in [0.05, 0.1) is 0 Å². The summed E-state index contributed by atoms with van der Waals surface area (Å²) in [4.78, 5) is 0. The van der Waals surface area contributed by atoms with Crippen LogP contribution >= 0.6 is 0 Å². The van der Waals surface area contributed by atoms with Crippen LogP contribution in [0, 0.1) is 11.8 Å². The summed E-state index contributed by atoms with van der Waals surface area (Å²) in [5.74, 6) is 1.74. The zero-order chi connectivity index (χ0) is 11.1. The molecule has 0 radical (unpaired) electrons. The molecule has 1 fully saturated rings. The third-order valence-corrected chi connectivity index (χ3v) is 4.15. The Morgan fingerprint density at radius 1 is 1.20 bits per heavy atom. The molecule has 0 aliphatic heterocycles. The first-order chi connectivity index (χ1) is 7.27. The van der Waals surface area contributed by atoms with Crippen LogP contribution in [0.15, 0.2) is 0 Å². The highest BCUT2D eigenvalue weighted by Gasteiger charge is 2.23. The molecular weight excluding hydrogens is 182 g/mol. The molecule has 90 valence electrons. The molecule has 1 heteroatoms. The van der Waals surface area contributed by atoms with Gasteiger partial charge in [0.2, 0.25) is 0 Å². The fraction of sp³-hybridized carbons (Fsp3) is 1.00. The van der Waals surface area contributed by atoms with Gasteiger partial charge in [-0.05, 0) is 31.1 Å². The second-order valence-corrected chi connectivity index (χ2v) is 5.36. The number of rotatable bonds is 7. The van der Waals surface area contributed by atoms with Gasteiger partial charge in [-0.25, -0.2) is 0 Å². The van der Waals surface area contributed by atoms with Crippen molar-refractivity contribution in [2.24, 2.45) is 17.6 Å². The maximum Gasteiger partial charge on any atom is 0.00697 e. The van der Waals surface area contributed by atoms with Gasteiger partial charge in [0.25, 0.3) is 0 Å². The summed E-state index contributed by atoms with van der Waals surface area (Å²) in [6.07, 6.45) is 12.3. The molecular formula is C14H29N. The Hall–Kier alpha value is -0.0400. The van der Waals surface area contributed by atoms with Crippen LogP contribution in [0.5, 0.6) is 0 Å². The average molecular weight is 211 g/mol. The third kappa shape index (κ3) is 4.55. The van der Waals surface area contributed by atoms with Gasteiger partial charge in [-0.15, -0.1) is 0 Å². The second-order valence-electron chi connectivity index (χ2n) is 5.36. The van der Waals surface area contributed by atoms with E-state index in [2.05, 4.69) is 13.8 Å². The highest BCUT2D eigenvalue weighted by molar-refractivity contribution is 4.79. The van der Waals surface area contributed by atoms with E-state index >= 15 is 0 Å². The molecule has 2 unspecified atom stereocenters. The quantitative estimate of drug-likeness (QED) is 0.674. The summed E-state index contributed by atoms with van der Waals surface area (Å²) in [7, 11) is 0. The van der Waals surface area contributed by atoms with Crippen LogP contribution in [-0.2, 0) is 0 Å². The topological polar surface area (TPSA) is 26.0 Å². The van der Waals surface area contributed by atoms with Crippen LogP contribution in [0.3, 0.4) is 0 Å². The van der Waals surface area contributed by atoms with Crippen molar-refractivity contribution in [3.8, 4) is 0 Å². The van der Waals surface area contributed by atoms with E-state index in [1.165, 1.54) is 57.8 Å². The molecule has 0 bridgehead atoms. The lowest BCUT2D eigenvalue weighted by Crippen LogP contribution is -2.30. The van der Waals surface area contributed by atoms with Crippen molar-refractivity contribution in [3.63, 3.8) is 0 Å². The standard InChI is InChI=1S/C14H29N/c1-3-5-8-12(4-2)11-14(15)13-9-6-7-10-13/h12-14H,3-11,15H2,1-2H3. The molecule has 1 saturated carbocycles. The van der Waals surface area contributed by atoms with Crippen LogP contribution in [0.1, 0.15) is 71.6 Å². The van der Waals surface area contributed by atoms with E-state index in [0.29, 0.717) is 6.04 Å². The van der Waals surface area contributed by atoms with Crippen molar-refractivity contribution in [2.45, 2.75) is 77.7 Å². The molecule has 0 amide bonds. The minimum absolute atomic E-state index is 0.495. The van der Waals surface area contributed by atoms with Crippen LogP contribution in [0.2, 0.25) is 0 Å². The highest BCUT2D eigenvalue weighted by atomic mass is 14.7. The summed E-state index contributed by atoms with van der Waals surface area (Å²) >= 11 is 0. The number of nitrogens with two attached hydrogens (primary N) is 1. The number of hydrogen-bond acceptors (Lipinski definition) is 1. The number of unbranched alkanes of at least 4 members (excludes halogenated alkanes) is 1. The van der Waals surface area contributed by atoms with Gasteiger partial charge in [-0.2, -0.15) is 0 Å². The Balaban J connectivity index is 2.23. The SMILES string of the molecule is CCCCC(CC)CC(N)C1CCCC1. The van der Waals surface area contributed by atoms with Gasteiger partial charge in [-0.1, -0.05) is 52.4 Å². The fourth-order valence-electron chi connectivity index (χ4n) is 2.94. The highest BCUT2D eigenvalue weighted by Crippen LogP contribution is 2.30. The van der Waals surface area contributed by atoms with Crippen molar-refractivity contribution in [3.05, 3.63) is 0 Å². The molecule has 1 rings (SSSR count). The van der Waals surface area contributed by atoms with Gasteiger partial charge >= 0.3 is 0 Å². The van der Waals surface area contributed by atoms with Crippen molar-refractivity contribution < 1.29 is 0 Å². The third-order valence-electron chi connectivity index (χ3n) is 4.15. The summed E-state index contributed by atoms with van der Waals surface area (Å²) in [5.41, 5.74) is 6.33. The Bertz CT molecular complexity index is 149. The van der Waals surface area contributed by atoms with E-state index in [0.717, 1.165) is 11.8 Å². The maximum atomic E-state index is 6.33. The number of hydrogen-bond donors (Lipinski definition) is 1. The van der Waals surface area contributed by atoms with Crippen molar-refractivity contribution in [2.75, 3.05) is 0 Å². The van der Waals surface area contributed by atoms with Crippen LogP contribution in [0.25, 0.3) is 0 Å². The Morgan fingerprint density at radius 3 is 2.40 bits per heavy atom. The Labute approximate surface area is 95.8 Å². The predicted molar refractivity (Wildman–Crippen MR) is 67.9 cm³/mol. The van der Waals surface area contributed by atoms with Gasteiger partial charge in [0, 0.05) is 6.04 Å². The van der Waals surface area contributed by atoms with Crippen molar-refractivity contribution in [1.29, 1.82) is 0 Å². The zero-order valence-corrected chi connectivity index (χ0v) is 10.7. The second kappa shape index (κ2) is 7.27. The van der Waals surface area contributed by atoms with Crippen LogP contribution in [-0.4, -0.2) is 6.04 Å². The molecule has 15 heavy (non-hydrogen) atoms. The summed E-state index contributed by atoms with van der Waals surface area (Å²) in [6, 6.07) is 0.495. The average Bonchev–Trinajstić information content (AvgIpc) is 2.77. The monoisotopic (exact) mass is 211 g/mol. The zero-order valence-electron chi connectivity index (χ0n) is 10.7. The predicted octanol–water partition coefficient (Wildman–Crippen LogP) is 4.11. The molecule has 0 aromatic carbocycles. The largest absolute Gasteiger partial charge is 0.327 e. The Morgan fingerprint density at radius 2 is 1.87 bits per heavy atom. The lowest BCUT2D eigenvalue weighted by atomic mass is 9.86. The molecule has 2 atom stereocenters. The maximum absolute atomic E-state index is 6.33. The van der Waals surface area contributed by atoms with E-state index in [9.17, 15) is 0 Å². The molecule has 1 aliphatic rings. The summed E-state index contributed by atoms with van der Waals surface area (Å²) < 4.78 is 0. The molecule has 0 aromatic heterocycles. The van der Waals surface area contributed by atoms with Crippen LogP contribution in [0.4, 0.5) is 0 Å². The van der Waals surface area contributed by atoms with Gasteiger partial charge in [-0.3, -0.25) is 0 Å². The first-order valence-electron chi connectivity index (χ1n) is 7.03. The lowest BCUT2D eigenvalue weighted by Gasteiger charge is -2.24. The van der Waals surface area contributed by atoms with E-state index in [4.69, 9.17) is 5.73 Å².